The van der Waals surface area contributed by atoms with E-state index in [1.807, 2.05) is 6.92 Å². The Labute approximate surface area is 117 Å². The number of hydrogen-bond acceptors (Lipinski definition) is 2. The second kappa shape index (κ2) is 6.68. The zero-order chi connectivity index (χ0) is 14.5. The molecule has 1 fully saturated rings. The summed E-state index contributed by atoms with van der Waals surface area (Å²) in [6.45, 7) is -0.440. The van der Waals surface area contributed by atoms with Gasteiger partial charge in [0, 0.05) is 12.6 Å². The highest BCUT2D eigenvalue weighted by atomic mass is 19.3. The minimum atomic E-state index is -2.93. The number of nitrogens with zero attached hydrogens (tertiary/aromatic N) is 1. The molecule has 1 aliphatic rings. The van der Waals surface area contributed by atoms with Gasteiger partial charge >= 0.3 is 6.61 Å². The summed E-state index contributed by atoms with van der Waals surface area (Å²) in [4.78, 5) is 14.3. The smallest absolute Gasteiger partial charge is 0.387 e. The van der Waals surface area contributed by atoms with Gasteiger partial charge in [0.15, 0.2) is 0 Å². The van der Waals surface area contributed by atoms with E-state index in [0.29, 0.717) is 6.54 Å². The number of para-hydroxylation sites is 1. The largest absolute Gasteiger partial charge is 0.434 e. The molecule has 1 amide bonds. The van der Waals surface area contributed by atoms with E-state index in [1.165, 1.54) is 12.1 Å². The van der Waals surface area contributed by atoms with E-state index in [9.17, 15) is 13.6 Å². The lowest BCUT2D eigenvalue weighted by molar-refractivity contribution is -0.0503. The van der Waals surface area contributed by atoms with Crippen molar-refractivity contribution in [3.8, 4) is 5.75 Å². The molecule has 1 aliphatic carbocycles. The topological polar surface area (TPSA) is 29.5 Å². The van der Waals surface area contributed by atoms with E-state index in [0.717, 1.165) is 25.7 Å². The van der Waals surface area contributed by atoms with Crippen LogP contribution in [0.3, 0.4) is 0 Å². The van der Waals surface area contributed by atoms with Gasteiger partial charge in [-0.05, 0) is 31.9 Å². The highest BCUT2D eigenvalue weighted by Gasteiger charge is 2.28. The predicted octanol–water partition coefficient (Wildman–Crippen LogP) is 3.69. The summed E-state index contributed by atoms with van der Waals surface area (Å²) in [7, 11) is 0. The Kier molecular flexibility index (Phi) is 4.93. The van der Waals surface area contributed by atoms with Gasteiger partial charge in [0.1, 0.15) is 5.75 Å². The van der Waals surface area contributed by atoms with Crippen molar-refractivity contribution in [2.75, 3.05) is 6.54 Å². The van der Waals surface area contributed by atoms with Crippen LogP contribution in [0.15, 0.2) is 24.3 Å². The molecule has 1 aromatic carbocycles. The summed E-state index contributed by atoms with van der Waals surface area (Å²) in [6.07, 6.45) is 4.20. The van der Waals surface area contributed by atoms with Gasteiger partial charge in [-0.15, -0.1) is 0 Å². The summed E-state index contributed by atoms with van der Waals surface area (Å²) in [5, 5.41) is 0. The number of alkyl halides is 2. The van der Waals surface area contributed by atoms with E-state index in [2.05, 4.69) is 4.74 Å². The van der Waals surface area contributed by atoms with E-state index in [4.69, 9.17) is 0 Å². The van der Waals surface area contributed by atoms with Gasteiger partial charge in [-0.3, -0.25) is 4.79 Å². The Morgan fingerprint density at radius 3 is 2.60 bits per heavy atom. The summed E-state index contributed by atoms with van der Waals surface area (Å²) < 4.78 is 29.2. The molecule has 20 heavy (non-hydrogen) atoms. The fraction of sp³-hybridized carbons (Fsp3) is 0.533. The maximum absolute atomic E-state index is 12.6. The molecule has 0 spiro atoms. The standard InChI is InChI=1S/C15H19F2NO2/c1-2-18(11-7-3-4-8-11)14(19)12-9-5-6-10-13(12)20-15(16)17/h5-6,9-11,15H,2-4,7-8H2,1H3. The van der Waals surface area contributed by atoms with Crippen molar-refractivity contribution in [3.05, 3.63) is 29.8 Å². The molecule has 5 heteroatoms. The van der Waals surface area contributed by atoms with Gasteiger partial charge in [-0.1, -0.05) is 25.0 Å². The van der Waals surface area contributed by atoms with Crippen molar-refractivity contribution >= 4 is 5.91 Å². The lowest BCUT2D eigenvalue weighted by Crippen LogP contribution is -2.38. The van der Waals surface area contributed by atoms with Crippen LogP contribution in [0.4, 0.5) is 8.78 Å². The Hall–Kier alpha value is -1.65. The van der Waals surface area contributed by atoms with Crippen molar-refractivity contribution in [3.63, 3.8) is 0 Å². The molecular formula is C15H19F2NO2. The molecule has 0 unspecified atom stereocenters. The third-order valence-corrected chi connectivity index (χ3v) is 3.70. The number of halogens is 2. The van der Waals surface area contributed by atoms with Crippen LogP contribution in [0.25, 0.3) is 0 Å². The quantitative estimate of drug-likeness (QED) is 0.824. The van der Waals surface area contributed by atoms with Crippen molar-refractivity contribution < 1.29 is 18.3 Å². The number of rotatable bonds is 5. The fourth-order valence-corrected chi connectivity index (χ4v) is 2.78. The van der Waals surface area contributed by atoms with E-state index >= 15 is 0 Å². The third-order valence-electron chi connectivity index (χ3n) is 3.70. The average molecular weight is 283 g/mol. The molecular weight excluding hydrogens is 264 g/mol. The summed E-state index contributed by atoms with van der Waals surface area (Å²) in [5.74, 6) is -0.278. The molecule has 2 rings (SSSR count). The van der Waals surface area contributed by atoms with Crippen molar-refractivity contribution in [1.82, 2.24) is 4.90 Å². The molecule has 0 aromatic heterocycles. The van der Waals surface area contributed by atoms with E-state index in [-0.39, 0.29) is 23.3 Å². The zero-order valence-corrected chi connectivity index (χ0v) is 11.5. The van der Waals surface area contributed by atoms with Gasteiger partial charge in [0.25, 0.3) is 5.91 Å². The van der Waals surface area contributed by atoms with Crippen LogP contribution in [0, 0.1) is 0 Å². The molecule has 0 saturated heterocycles. The van der Waals surface area contributed by atoms with Crippen LogP contribution in [0.5, 0.6) is 5.75 Å². The number of hydrogen-bond donors (Lipinski definition) is 0. The van der Waals surface area contributed by atoms with Gasteiger partial charge in [-0.25, -0.2) is 0 Å². The zero-order valence-electron chi connectivity index (χ0n) is 11.5. The van der Waals surface area contributed by atoms with Crippen LogP contribution < -0.4 is 4.74 Å². The summed E-state index contributed by atoms with van der Waals surface area (Å²) in [6, 6.07) is 6.40. The SMILES string of the molecule is CCN(C(=O)c1ccccc1OC(F)F)C1CCCC1. The van der Waals surface area contributed by atoms with Crippen LogP contribution in [-0.4, -0.2) is 30.0 Å². The Bertz CT molecular complexity index is 459. The maximum atomic E-state index is 12.6. The van der Waals surface area contributed by atoms with Crippen LogP contribution >= 0.6 is 0 Å². The van der Waals surface area contributed by atoms with Crippen molar-refractivity contribution in [2.45, 2.75) is 45.3 Å². The highest BCUT2D eigenvalue weighted by molar-refractivity contribution is 5.97. The van der Waals surface area contributed by atoms with Crippen LogP contribution in [0.2, 0.25) is 0 Å². The van der Waals surface area contributed by atoms with Crippen molar-refractivity contribution in [1.29, 1.82) is 0 Å². The highest BCUT2D eigenvalue weighted by Crippen LogP contribution is 2.27. The molecule has 0 heterocycles. The number of benzene rings is 1. The molecule has 0 bridgehead atoms. The summed E-state index contributed by atoms with van der Waals surface area (Å²) >= 11 is 0. The predicted molar refractivity (Wildman–Crippen MR) is 72.0 cm³/mol. The maximum Gasteiger partial charge on any atom is 0.387 e. The minimum Gasteiger partial charge on any atom is -0.434 e. The molecule has 0 atom stereocenters. The first-order valence-electron chi connectivity index (χ1n) is 6.98. The third kappa shape index (κ3) is 3.26. The average Bonchev–Trinajstić information content (AvgIpc) is 2.93. The first-order chi connectivity index (χ1) is 9.63. The molecule has 3 nitrogen and oxygen atoms in total. The normalized spacial score (nSPS) is 15.6. The van der Waals surface area contributed by atoms with Gasteiger partial charge in [-0.2, -0.15) is 8.78 Å². The van der Waals surface area contributed by atoms with E-state index < -0.39 is 6.61 Å². The van der Waals surface area contributed by atoms with E-state index in [1.54, 1.807) is 17.0 Å². The Balaban J connectivity index is 2.22. The minimum absolute atomic E-state index is 0.0519. The van der Waals surface area contributed by atoms with Crippen LogP contribution in [0.1, 0.15) is 43.0 Å². The lowest BCUT2D eigenvalue weighted by Gasteiger charge is -2.28. The number of amides is 1. The van der Waals surface area contributed by atoms with Crippen molar-refractivity contribution in [2.24, 2.45) is 0 Å². The molecule has 0 N–H and O–H groups in total. The number of carbonyl (C=O) groups is 1. The first-order valence-corrected chi connectivity index (χ1v) is 6.98. The second-order valence-corrected chi connectivity index (χ2v) is 4.90. The monoisotopic (exact) mass is 283 g/mol. The molecule has 0 radical (unpaired) electrons. The van der Waals surface area contributed by atoms with Gasteiger partial charge in [0.05, 0.1) is 5.56 Å². The van der Waals surface area contributed by atoms with Crippen LogP contribution in [-0.2, 0) is 0 Å². The number of ether oxygens (including phenoxy) is 1. The van der Waals surface area contributed by atoms with Gasteiger partial charge in [0.2, 0.25) is 0 Å². The first kappa shape index (κ1) is 14.8. The molecule has 1 aromatic rings. The second-order valence-electron chi connectivity index (χ2n) is 4.90. The Morgan fingerprint density at radius 1 is 1.35 bits per heavy atom. The summed E-state index contributed by atoms with van der Waals surface area (Å²) in [5.41, 5.74) is 0.210. The number of carbonyl (C=O) groups excluding carboxylic acids is 1. The molecule has 0 aliphatic heterocycles. The molecule has 110 valence electrons. The Morgan fingerprint density at radius 2 is 2.00 bits per heavy atom. The molecule has 1 saturated carbocycles. The fourth-order valence-electron chi connectivity index (χ4n) is 2.78. The van der Waals surface area contributed by atoms with Gasteiger partial charge < -0.3 is 9.64 Å². The lowest BCUT2D eigenvalue weighted by atomic mass is 10.1.